The summed E-state index contributed by atoms with van der Waals surface area (Å²) in [5, 5.41) is 5.21. The molecule has 0 bridgehead atoms. The van der Waals surface area contributed by atoms with Gasteiger partial charge in [0.1, 0.15) is 0 Å². The monoisotopic (exact) mass is 522 g/mol. The average Bonchev–Trinajstić information content (AvgIpc) is 3.37. The molecule has 1 aliphatic rings. The minimum absolute atomic E-state index is 0.373. The first-order valence-corrected chi connectivity index (χ1v) is 14.7. The fourth-order valence-electron chi connectivity index (χ4n) is 7.23. The van der Waals surface area contributed by atoms with Crippen LogP contribution >= 0.6 is 0 Å². The van der Waals surface area contributed by atoms with Crippen LogP contribution in [0.3, 0.4) is 0 Å². The minimum Gasteiger partial charge on any atom is -0.0645 e. The lowest BCUT2D eigenvalue weighted by Gasteiger charge is -2.19. The van der Waals surface area contributed by atoms with Crippen LogP contribution < -0.4 is 0 Å². The second kappa shape index (κ2) is 9.61. The van der Waals surface area contributed by atoms with E-state index in [9.17, 15) is 0 Å². The predicted octanol–water partition coefficient (Wildman–Crippen LogP) is 11.5. The van der Waals surface area contributed by atoms with E-state index in [0.29, 0.717) is 5.92 Å². The molecule has 0 fully saturated rings. The molecule has 1 atom stereocenters. The molecule has 1 aliphatic carbocycles. The van der Waals surface area contributed by atoms with Crippen LogP contribution in [0.5, 0.6) is 0 Å². The maximum Gasteiger partial charge on any atom is 0.0105 e. The largest absolute Gasteiger partial charge is 0.0645 e. The zero-order chi connectivity index (χ0) is 27.3. The molecule has 0 aliphatic heterocycles. The zero-order valence-electron chi connectivity index (χ0n) is 23.1. The topological polar surface area (TPSA) is 0 Å². The molecule has 7 aromatic rings. The van der Waals surface area contributed by atoms with E-state index in [1.54, 1.807) is 0 Å². The van der Waals surface area contributed by atoms with Crippen LogP contribution in [-0.4, -0.2) is 0 Å². The van der Waals surface area contributed by atoms with Crippen LogP contribution in [0.1, 0.15) is 30.4 Å². The van der Waals surface area contributed by atoms with Crippen LogP contribution in [-0.2, 0) is 0 Å². The van der Waals surface area contributed by atoms with Crippen molar-refractivity contribution in [2.75, 3.05) is 0 Å². The molecular weight excluding hydrogens is 492 g/mol. The third-order valence-corrected chi connectivity index (χ3v) is 8.95. The van der Waals surface area contributed by atoms with Crippen LogP contribution in [0.2, 0.25) is 0 Å². The van der Waals surface area contributed by atoms with Gasteiger partial charge in [-0.3, -0.25) is 0 Å². The van der Waals surface area contributed by atoms with Crippen molar-refractivity contribution >= 4 is 21.5 Å². The van der Waals surface area contributed by atoms with E-state index >= 15 is 0 Å². The van der Waals surface area contributed by atoms with E-state index in [4.69, 9.17) is 0 Å². The van der Waals surface area contributed by atoms with Gasteiger partial charge in [0, 0.05) is 5.92 Å². The highest BCUT2D eigenvalue weighted by Crippen LogP contribution is 2.52. The number of fused-ring (bicyclic) bond motifs is 5. The van der Waals surface area contributed by atoms with Crippen molar-refractivity contribution < 1.29 is 0 Å². The van der Waals surface area contributed by atoms with E-state index in [2.05, 4.69) is 153 Å². The molecule has 0 radical (unpaired) electrons. The highest BCUT2D eigenvalue weighted by Gasteiger charge is 2.30. The van der Waals surface area contributed by atoms with Gasteiger partial charge in [0.25, 0.3) is 0 Å². The van der Waals surface area contributed by atoms with Gasteiger partial charge in [-0.2, -0.15) is 0 Å². The third kappa shape index (κ3) is 3.68. The van der Waals surface area contributed by atoms with Crippen molar-refractivity contribution in [2.24, 2.45) is 0 Å². The summed E-state index contributed by atoms with van der Waals surface area (Å²) >= 11 is 0. The molecule has 0 heterocycles. The molecule has 0 nitrogen and oxygen atoms in total. The summed E-state index contributed by atoms with van der Waals surface area (Å²) in [5.74, 6) is 0.373. The van der Waals surface area contributed by atoms with Crippen LogP contribution in [0.15, 0.2) is 146 Å². The second-order valence-corrected chi connectivity index (χ2v) is 11.1. The Hall–Kier alpha value is -4.94. The number of benzene rings is 7. The van der Waals surface area contributed by atoms with Crippen LogP contribution in [0, 0.1) is 0 Å². The molecule has 0 aromatic heterocycles. The van der Waals surface area contributed by atoms with E-state index in [0.717, 1.165) is 6.42 Å². The molecule has 41 heavy (non-hydrogen) atoms. The van der Waals surface area contributed by atoms with Crippen molar-refractivity contribution in [3.05, 3.63) is 157 Å². The molecule has 0 heteroatoms. The standard InChI is InChI=1S/C41H30/c1-2-30-38-26-29(24-25-32(38)33-23-13-22-31(41(30)33)27-14-5-3-6-15-27)40-36-20-11-9-18-34(36)39(28-16-7-4-8-17-28)35-19-10-12-21-37(35)40/h3-26,30H,2H2,1H3. The Morgan fingerprint density at radius 2 is 0.927 bits per heavy atom. The first kappa shape index (κ1) is 23.9. The van der Waals surface area contributed by atoms with Crippen molar-refractivity contribution in [3.63, 3.8) is 0 Å². The summed E-state index contributed by atoms with van der Waals surface area (Å²) in [4.78, 5) is 0. The minimum atomic E-state index is 0.373. The predicted molar refractivity (Wildman–Crippen MR) is 175 cm³/mol. The fourth-order valence-corrected chi connectivity index (χ4v) is 7.23. The van der Waals surface area contributed by atoms with E-state index in [1.807, 2.05) is 0 Å². The quantitative estimate of drug-likeness (QED) is 0.202. The lowest BCUT2D eigenvalue weighted by molar-refractivity contribution is 0.799. The highest BCUT2D eigenvalue weighted by molar-refractivity contribution is 6.21. The van der Waals surface area contributed by atoms with Gasteiger partial charge in [-0.05, 0) is 89.7 Å². The van der Waals surface area contributed by atoms with Crippen molar-refractivity contribution in [2.45, 2.75) is 19.3 Å². The summed E-state index contributed by atoms with van der Waals surface area (Å²) in [6, 6.07) is 53.7. The van der Waals surface area contributed by atoms with Gasteiger partial charge in [-0.1, -0.05) is 146 Å². The summed E-state index contributed by atoms with van der Waals surface area (Å²) in [5.41, 5.74) is 13.5. The molecule has 8 rings (SSSR count). The van der Waals surface area contributed by atoms with Gasteiger partial charge in [-0.15, -0.1) is 0 Å². The Morgan fingerprint density at radius 3 is 1.51 bits per heavy atom. The SMILES string of the molecule is CCC1c2cc(-c3c4ccccc4c(-c4ccccc4)c4ccccc34)ccc2-c2cccc(-c3ccccc3)c21. The Labute approximate surface area is 241 Å². The molecular formula is C41H30. The lowest BCUT2D eigenvalue weighted by Crippen LogP contribution is -1.98. The Balaban J connectivity index is 1.38. The molecule has 1 unspecified atom stereocenters. The number of rotatable bonds is 4. The van der Waals surface area contributed by atoms with Gasteiger partial charge in [0.15, 0.2) is 0 Å². The van der Waals surface area contributed by atoms with E-state index in [-0.39, 0.29) is 0 Å². The van der Waals surface area contributed by atoms with Gasteiger partial charge in [0.2, 0.25) is 0 Å². The molecule has 0 amide bonds. The third-order valence-electron chi connectivity index (χ3n) is 8.95. The van der Waals surface area contributed by atoms with Gasteiger partial charge < -0.3 is 0 Å². The van der Waals surface area contributed by atoms with Crippen LogP contribution in [0.25, 0.3) is 66.1 Å². The van der Waals surface area contributed by atoms with Gasteiger partial charge in [0.05, 0.1) is 0 Å². The molecule has 0 N–H and O–H groups in total. The zero-order valence-corrected chi connectivity index (χ0v) is 23.1. The number of hydrogen-bond acceptors (Lipinski definition) is 0. The smallest absolute Gasteiger partial charge is 0.0105 e. The normalized spacial score (nSPS) is 13.8. The maximum atomic E-state index is 2.49. The second-order valence-electron chi connectivity index (χ2n) is 11.1. The van der Waals surface area contributed by atoms with Crippen molar-refractivity contribution in [1.82, 2.24) is 0 Å². The van der Waals surface area contributed by atoms with Crippen LogP contribution in [0.4, 0.5) is 0 Å². The molecule has 0 saturated carbocycles. The van der Waals surface area contributed by atoms with Crippen molar-refractivity contribution in [1.29, 1.82) is 0 Å². The number of hydrogen-bond donors (Lipinski definition) is 0. The summed E-state index contributed by atoms with van der Waals surface area (Å²) in [6.07, 6.45) is 1.07. The fraction of sp³-hybridized carbons (Fsp3) is 0.0732. The molecule has 194 valence electrons. The average molecular weight is 523 g/mol. The Kier molecular flexibility index (Phi) is 5.60. The maximum absolute atomic E-state index is 2.49. The van der Waals surface area contributed by atoms with Gasteiger partial charge >= 0.3 is 0 Å². The van der Waals surface area contributed by atoms with E-state index < -0.39 is 0 Å². The Morgan fingerprint density at radius 1 is 0.415 bits per heavy atom. The summed E-state index contributed by atoms with van der Waals surface area (Å²) in [7, 11) is 0. The van der Waals surface area contributed by atoms with E-state index in [1.165, 1.54) is 77.2 Å². The lowest BCUT2D eigenvalue weighted by atomic mass is 9.84. The van der Waals surface area contributed by atoms with Crippen molar-refractivity contribution in [3.8, 4) is 44.5 Å². The summed E-state index contributed by atoms with van der Waals surface area (Å²) < 4.78 is 0. The highest BCUT2D eigenvalue weighted by atomic mass is 14.3. The summed E-state index contributed by atoms with van der Waals surface area (Å²) in [6.45, 7) is 2.33. The first-order chi connectivity index (χ1) is 20.3. The van der Waals surface area contributed by atoms with Gasteiger partial charge in [-0.25, -0.2) is 0 Å². The molecule has 0 spiro atoms. The molecule has 0 saturated heterocycles. The Bertz CT molecular complexity index is 2010. The molecule has 7 aromatic carbocycles. The first-order valence-electron chi connectivity index (χ1n) is 14.7.